The van der Waals surface area contributed by atoms with Gasteiger partial charge in [-0.25, -0.2) is 0 Å². The largest absolute Gasteiger partial charge is 0.494 e. The number of hydrogen-bond donors (Lipinski definition) is 1. The van der Waals surface area contributed by atoms with Crippen molar-refractivity contribution < 1.29 is 18.9 Å². The Bertz CT molecular complexity index is 1570. The van der Waals surface area contributed by atoms with Crippen molar-refractivity contribution in [3.8, 4) is 0 Å². The second-order valence-corrected chi connectivity index (χ2v) is 14.1. The van der Waals surface area contributed by atoms with E-state index in [1.807, 2.05) is 11.7 Å². The van der Waals surface area contributed by atoms with Crippen LogP contribution in [0.4, 0.5) is 11.4 Å². The summed E-state index contributed by atoms with van der Waals surface area (Å²) in [5, 5.41) is 8.29. The normalized spacial score (nSPS) is 24.5. The molecule has 1 unspecified atom stereocenters. The van der Waals surface area contributed by atoms with E-state index >= 15 is 0 Å². The van der Waals surface area contributed by atoms with Crippen molar-refractivity contribution in [3.63, 3.8) is 0 Å². The average Bonchev–Trinajstić information content (AvgIpc) is 3.48. The van der Waals surface area contributed by atoms with Gasteiger partial charge in [0.05, 0.1) is 34.0 Å². The molecule has 5 heterocycles. The highest BCUT2D eigenvalue weighted by Gasteiger charge is 2.51. The van der Waals surface area contributed by atoms with Crippen molar-refractivity contribution in [2.24, 2.45) is 7.05 Å². The summed E-state index contributed by atoms with van der Waals surface area (Å²) in [7, 11) is 1.63. The zero-order valence-corrected chi connectivity index (χ0v) is 27.2. The van der Waals surface area contributed by atoms with E-state index in [1.165, 1.54) is 11.4 Å². The zero-order valence-electron chi connectivity index (χ0n) is 27.2. The molecule has 0 saturated carbocycles. The lowest BCUT2D eigenvalue weighted by Gasteiger charge is -2.44. The highest BCUT2D eigenvalue weighted by Crippen LogP contribution is 2.37. The second kappa shape index (κ2) is 11.4. The smallest absolute Gasteiger partial charge is 0.399 e. The van der Waals surface area contributed by atoms with Crippen molar-refractivity contribution in [1.29, 1.82) is 0 Å². The van der Waals surface area contributed by atoms with E-state index in [4.69, 9.17) is 14.4 Å². The van der Waals surface area contributed by atoms with Crippen LogP contribution in [0.3, 0.4) is 0 Å². The van der Waals surface area contributed by atoms with Crippen molar-refractivity contribution in [1.82, 2.24) is 20.0 Å². The highest BCUT2D eigenvalue weighted by molar-refractivity contribution is 6.62. The van der Waals surface area contributed by atoms with Crippen LogP contribution in [0.15, 0.2) is 42.5 Å². The Morgan fingerprint density at radius 1 is 0.844 bits per heavy atom. The molecule has 1 N–H and O–H groups in total. The fourth-order valence-corrected chi connectivity index (χ4v) is 7.45. The predicted octanol–water partition coefficient (Wildman–Crippen LogP) is 3.18. The number of carbonyl (C=O) groups excluding carboxylic acids is 2. The zero-order chi connectivity index (χ0) is 31.5. The van der Waals surface area contributed by atoms with E-state index in [9.17, 15) is 9.59 Å². The summed E-state index contributed by atoms with van der Waals surface area (Å²) in [5.41, 5.74) is 4.66. The number of piperidine rings is 2. The topological polar surface area (TPSA) is 92.2 Å². The Hall–Kier alpha value is -3.41. The molecule has 4 fully saturated rings. The molecule has 2 amide bonds. The van der Waals surface area contributed by atoms with Gasteiger partial charge >= 0.3 is 7.12 Å². The minimum Gasteiger partial charge on any atom is -0.399 e. The van der Waals surface area contributed by atoms with Gasteiger partial charge in [-0.05, 0) is 70.6 Å². The Morgan fingerprint density at radius 2 is 1.51 bits per heavy atom. The molecule has 4 aliphatic heterocycles. The van der Waals surface area contributed by atoms with Crippen LogP contribution < -0.4 is 20.6 Å². The lowest BCUT2D eigenvalue weighted by Crippen LogP contribution is -2.53. The SMILES string of the molecule is Cn1nc(C2CCC(=O)NC2=O)c2cccc(N3CCC(N4CCN(c5ccc(B6OC(C)(C)C(C)(C)O6)cc5)CC4)CC3)c21. The number of fused-ring (bicyclic) bond motifs is 1. The number of nitrogens with one attached hydrogen (secondary N) is 1. The van der Waals surface area contributed by atoms with Crippen LogP contribution in [0.5, 0.6) is 0 Å². The summed E-state index contributed by atoms with van der Waals surface area (Å²) < 4.78 is 14.4. The minimum atomic E-state index is -0.390. The van der Waals surface area contributed by atoms with Gasteiger partial charge < -0.3 is 19.1 Å². The Balaban J connectivity index is 0.953. The van der Waals surface area contributed by atoms with Gasteiger partial charge in [0.25, 0.3) is 0 Å². The molecule has 11 heteroatoms. The van der Waals surface area contributed by atoms with Gasteiger partial charge in [0.1, 0.15) is 0 Å². The van der Waals surface area contributed by atoms with Gasteiger partial charge in [-0.2, -0.15) is 5.10 Å². The minimum absolute atomic E-state index is 0.200. The van der Waals surface area contributed by atoms with Crippen molar-refractivity contribution in [2.75, 3.05) is 49.1 Å². The fourth-order valence-electron chi connectivity index (χ4n) is 7.45. The Labute approximate surface area is 266 Å². The number of piperazine rings is 1. The first-order valence-electron chi connectivity index (χ1n) is 16.5. The number of hydrogen-bond acceptors (Lipinski definition) is 8. The fraction of sp³-hybridized carbons (Fsp3) is 0.559. The van der Waals surface area contributed by atoms with Crippen molar-refractivity contribution in [2.45, 2.75) is 76.5 Å². The van der Waals surface area contributed by atoms with E-state index < -0.39 is 0 Å². The third kappa shape index (κ3) is 5.53. The number of amides is 2. The summed E-state index contributed by atoms with van der Waals surface area (Å²) in [6.45, 7) is 14.5. The molecule has 3 aromatic rings. The van der Waals surface area contributed by atoms with Crippen LogP contribution in [0.25, 0.3) is 10.9 Å². The van der Waals surface area contributed by atoms with Gasteiger partial charge in [-0.1, -0.05) is 24.3 Å². The number of imide groups is 1. The van der Waals surface area contributed by atoms with Crippen LogP contribution in [0, 0.1) is 0 Å². The van der Waals surface area contributed by atoms with Crippen LogP contribution in [0.2, 0.25) is 0 Å². The summed E-state index contributed by atoms with van der Waals surface area (Å²) in [4.78, 5) is 32.0. The van der Waals surface area contributed by atoms with Crippen LogP contribution in [-0.4, -0.2) is 90.1 Å². The standard InChI is InChI=1S/C34H45BN6O4/c1-33(2)34(3,4)45-35(44-33)23-9-11-24(12-10-23)39-19-21-40(22-20-39)25-15-17-41(18-16-25)28-8-6-7-26-30(37-38(5)31(26)28)27-13-14-29(42)36-32(27)43/h6-12,25,27H,13-22H2,1-5H3,(H,36,42,43). The molecule has 0 radical (unpaired) electrons. The summed E-state index contributed by atoms with van der Waals surface area (Å²) in [6.07, 6.45) is 3.10. The molecule has 10 nitrogen and oxygen atoms in total. The van der Waals surface area contributed by atoms with Gasteiger partial charge in [0.2, 0.25) is 11.8 Å². The molecule has 1 atom stereocenters. The van der Waals surface area contributed by atoms with E-state index in [2.05, 4.69) is 90.2 Å². The van der Waals surface area contributed by atoms with Gasteiger partial charge in [-0.15, -0.1) is 0 Å². The van der Waals surface area contributed by atoms with E-state index in [0.29, 0.717) is 18.9 Å². The molecule has 0 aliphatic carbocycles. The maximum absolute atomic E-state index is 12.6. The predicted molar refractivity (Wildman–Crippen MR) is 177 cm³/mol. The first-order valence-corrected chi connectivity index (χ1v) is 16.5. The number of nitrogens with zero attached hydrogens (tertiary/aromatic N) is 5. The number of aromatic nitrogens is 2. The molecule has 45 heavy (non-hydrogen) atoms. The molecule has 4 saturated heterocycles. The molecular formula is C34H45BN6O4. The lowest BCUT2D eigenvalue weighted by molar-refractivity contribution is -0.134. The third-order valence-corrected chi connectivity index (χ3v) is 10.9. The molecule has 2 aromatic carbocycles. The molecule has 238 valence electrons. The number of aryl methyl sites for hydroxylation is 1. The highest BCUT2D eigenvalue weighted by atomic mass is 16.7. The lowest BCUT2D eigenvalue weighted by atomic mass is 9.79. The van der Waals surface area contributed by atoms with Gasteiger partial charge in [0, 0.05) is 69.9 Å². The Morgan fingerprint density at radius 3 is 2.16 bits per heavy atom. The van der Waals surface area contributed by atoms with Crippen LogP contribution in [0.1, 0.15) is 65.0 Å². The first-order chi connectivity index (χ1) is 21.5. The third-order valence-electron chi connectivity index (χ3n) is 10.9. The van der Waals surface area contributed by atoms with E-state index in [1.54, 1.807) is 0 Å². The Kier molecular flexibility index (Phi) is 7.69. The summed E-state index contributed by atoms with van der Waals surface area (Å²) in [5.74, 6) is -0.829. The number of anilines is 2. The number of benzene rings is 2. The number of rotatable bonds is 5. The molecule has 1 aromatic heterocycles. The second-order valence-electron chi connectivity index (χ2n) is 14.1. The summed E-state index contributed by atoms with van der Waals surface area (Å²) in [6, 6.07) is 15.6. The molecule has 0 spiro atoms. The van der Waals surface area contributed by atoms with E-state index in [-0.39, 0.29) is 36.1 Å². The average molecular weight is 613 g/mol. The van der Waals surface area contributed by atoms with Gasteiger partial charge in [-0.3, -0.25) is 24.5 Å². The monoisotopic (exact) mass is 612 g/mol. The molecule has 7 rings (SSSR count). The number of carbonyl (C=O) groups is 2. The van der Waals surface area contributed by atoms with Crippen molar-refractivity contribution >= 4 is 46.7 Å². The molecular weight excluding hydrogens is 567 g/mol. The maximum Gasteiger partial charge on any atom is 0.494 e. The molecule has 4 aliphatic rings. The van der Waals surface area contributed by atoms with Crippen LogP contribution >= 0.6 is 0 Å². The molecule has 0 bridgehead atoms. The summed E-state index contributed by atoms with van der Waals surface area (Å²) >= 11 is 0. The first kappa shape index (κ1) is 30.3. The quantitative estimate of drug-likeness (QED) is 0.347. The van der Waals surface area contributed by atoms with Crippen molar-refractivity contribution in [3.05, 3.63) is 48.2 Å². The van der Waals surface area contributed by atoms with Gasteiger partial charge in [0.15, 0.2) is 0 Å². The van der Waals surface area contributed by atoms with E-state index in [0.717, 1.165) is 74.2 Å². The maximum atomic E-state index is 12.6. The van der Waals surface area contributed by atoms with Crippen LogP contribution in [-0.2, 0) is 25.9 Å². The number of para-hydroxylation sites is 1.